The van der Waals surface area contributed by atoms with Gasteiger partial charge >= 0.3 is 0 Å². The number of carbonyl (C=O) groups excluding carboxylic acids is 1. The lowest BCUT2D eigenvalue weighted by Gasteiger charge is -2.14. The first-order chi connectivity index (χ1) is 20.7. The average Bonchev–Trinajstić information content (AvgIpc) is 3.37. The molecule has 10 nitrogen and oxygen atoms in total. The minimum Gasteiger partial charge on any atom is -0.397 e. The Morgan fingerprint density at radius 2 is 1.82 bits per heavy atom. The molecule has 0 unspecified atom stereocenters. The van der Waals surface area contributed by atoms with Crippen molar-refractivity contribution in [1.29, 1.82) is 0 Å². The molecule has 6 N–H and O–H groups in total. The van der Waals surface area contributed by atoms with Crippen LogP contribution in [-0.2, 0) is 20.2 Å². The van der Waals surface area contributed by atoms with Crippen molar-refractivity contribution in [1.82, 2.24) is 15.6 Å². The van der Waals surface area contributed by atoms with Crippen molar-refractivity contribution in [3.05, 3.63) is 69.8 Å². The van der Waals surface area contributed by atoms with Crippen molar-refractivity contribution in [2.24, 2.45) is 10.7 Å². The SMILES string of the molecule is C[C@@H](CNCN=C/C=C(\N)c1sc(C(C)(C)C)nc1-c1cccc(NS(=O)(=O)c2c(F)cccc2F)c1F)NC(=O)CCO. The minimum absolute atomic E-state index is 0.0283. The fourth-order valence-electron chi connectivity index (χ4n) is 3.85. The number of allylic oxidation sites excluding steroid dienone is 1. The van der Waals surface area contributed by atoms with Crippen LogP contribution < -0.4 is 21.1 Å². The smallest absolute Gasteiger partial charge is 0.267 e. The molecule has 238 valence electrons. The van der Waals surface area contributed by atoms with Crippen molar-refractivity contribution < 1.29 is 31.5 Å². The molecule has 3 rings (SSSR count). The molecule has 2 aromatic carbocycles. The molecule has 44 heavy (non-hydrogen) atoms. The highest BCUT2D eigenvalue weighted by molar-refractivity contribution is 7.92. The number of aliphatic hydroxyl groups excluding tert-OH is 1. The van der Waals surface area contributed by atoms with Crippen molar-refractivity contribution in [2.75, 3.05) is 24.5 Å². The Morgan fingerprint density at radius 1 is 1.16 bits per heavy atom. The largest absolute Gasteiger partial charge is 0.397 e. The van der Waals surface area contributed by atoms with Gasteiger partial charge in [0.1, 0.15) is 11.6 Å². The van der Waals surface area contributed by atoms with Crippen LogP contribution in [0.15, 0.2) is 52.4 Å². The van der Waals surface area contributed by atoms with Crippen molar-refractivity contribution >= 4 is 44.9 Å². The van der Waals surface area contributed by atoms with Crippen LogP contribution in [0.1, 0.15) is 44.0 Å². The summed E-state index contributed by atoms with van der Waals surface area (Å²) in [5.41, 5.74) is 5.71. The lowest BCUT2D eigenvalue weighted by atomic mass is 9.98. The highest BCUT2D eigenvalue weighted by Gasteiger charge is 2.28. The Morgan fingerprint density at radius 3 is 2.45 bits per heavy atom. The van der Waals surface area contributed by atoms with E-state index in [1.165, 1.54) is 35.8 Å². The number of hydrogen-bond acceptors (Lipinski definition) is 9. The van der Waals surface area contributed by atoms with Crippen LogP contribution in [0.5, 0.6) is 0 Å². The molecule has 0 aliphatic heterocycles. The van der Waals surface area contributed by atoms with Gasteiger partial charge in [-0.3, -0.25) is 19.8 Å². The summed E-state index contributed by atoms with van der Waals surface area (Å²) >= 11 is 1.24. The molecule has 0 saturated heterocycles. The molecule has 0 spiro atoms. The maximum absolute atomic E-state index is 15.9. The van der Waals surface area contributed by atoms with Gasteiger partial charge in [0.05, 0.1) is 40.2 Å². The first-order valence-corrected chi connectivity index (χ1v) is 15.8. The maximum atomic E-state index is 15.9. The Hall–Kier alpha value is -3.79. The van der Waals surface area contributed by atoms with Gasteiger partial charge in [-0.2, -0.15) is 0 Å². The molecule has 1 atom stereocenters. The van der Waals surface area contributed by atoms with Crippen molar-refractivity contribution in [3.8, 4) is 11.3 Å². The molecule has 3 aromatic rings. The van der Waals surface area contributed by atoms with Gasteiger partial charge in [-0.05, 0) is 37.3 Å². The van der Waals surface area contributed by atoms with Crippen LogP contribution in [-0.4, -0.2) is 56.5 Å². The summed E-state index contributed by atoms with van der Waals surface area (Å²) in [6.07, 6.45) is 3.00. The highest BCUT2D eigenvalue weighted by atomic mass is 32.2. The van der Waals surface area contributed by atoms with Gasteiger partial charge in [0.15, 0.2) is 10.7 Å². The second-order valence-electron chi connectivity index (χ2n) is 10.8. The molecular weight excluding hydrogens is 617 g/mol. The number of aromatic nitrogens is 1. The van der Waals surface area contributed by atoms with Gasteiger partial charge in [-0.15, -0.1) is 11.3 Å². The number of thiazole rings is 1. The fourth-order valence-corrected chi connectivity index (χ4v) is 6.13. The second kappa shape index (κ2) is 14.8. The molecule has 0 radical (unpaired) electrons. The molecule has 0 saturated carbocycles. The number of anilines is 1. The Bertz CT molecular complexity index is 1630. The number of nitrogens with one attached hydrogen (secondary N) is 3. The average molecular weight is 653 g/mol. The molecule has 0 bridgehead atoms. The van der Waals surface area contributed by atoms with E-state index in [9.17, 15) is 22.0 Å². The summed E-state index contributed by atoms with van der Waals surface area (Å²) in [5, 5.41) is 15.2. The van der Waals surface area contributed by atoms with Crippen LogP contribution in [0.25, 0.3) is 17.0 Å². The zero-order chi connectivity index (χ0) is 32.7. The number of nitrogens with zero attached hydrogens (tertiary/aromatic N) is 2. The number of benzene rings is 2. The lowest BCUT2D eigenvalue weighted by molar-refractivity contribution is -0.122. The predicted octanol–water partition coefficient (Wildman–Crippen LogP) is 4.13. The number of hydrogen-bond donors (Lipinski definition) is 5. The zero-order valence-electron chi connectivity index (χ0n) is 24.6. The number of aliphatic hydroxyl groups is 1. The van der Waals surface area contributed by atoms with Crippen LogP contribution in [0, 0.1) is 17.5 Å². The summed E-state index contributed by atoms with van der Waals surface area (Å²) in [5.74, 6) is -3.90. The van der Waals surface area contributed by atoms with Gasteiger partial charge < -0.3 is 16.2 Å². The molecule has 15 heteroatoms. The van der Waals surface area contributed by atoms with E-state index in [4.69, 9.17) is 10.8 Å². The molecule has 0 fully saturated rings. The van der Waals surface area contributed by atoms with E-state index in [0.717, 1.165) is 24.3 Å². The minimum atomic E-state index is -4.82. The Labute approximate surface area is 258 Å². The maximum Gasteiger partial charge on any atom is 0.267 e. The quantitative estimate of drug-likeness (QED) is 0.137. The fraction of sp³-hybridized carbons (Fsp3) is 0.345. The van der Waals surface area contributed by atoms with E-state index < -0.39 is 43.5 Å². The third-order valence-corrected chi connectivity index (χ3v) is 8.92. The summed E-state index contributed by atoms with van der Waals surface area (Å²) < 4.78 is 71.8. The van der Waals surface area contributed by atoms with Crippen LogP contribution in [0.3, 0.4) is 0 Å². The third kappa shape index (κ3) is 8.87. The highest BCUT2D eigenvalue weighted by Crippen LogP contribution is 2.39. The van der Waals surface area contributed by atoms with Gasteiger partial charge in [0.25, 0.3) is 10.0 Å². The molecule has 1 aromatic heterocycles. The first-order valence-electron chi connectivity index (χ1n) is 13.5. The number of amides is 1. The van der Waals surface area contributed by atoms with E-state index in [1.54, 1.807) is 6.92 Å². The first kappa shape index (κ1) is 34.7. The van der Waals surface area contributed by atoms with Crippen LogP contribution >= 0.6 is 11.3 Å². The Kier molecular flexibility index (Phi) is 11.7. The Balaban J connectivity index is 1.87. The second-order valence-corrected chi connectivity index (χ2v) is 13.4. The number of carbonyl (C=O) groups is 1. The number of aliphatic imine (C=N–C) groups is 1. The summed E-state index contributed by atoms with van der Waals surface area (Å²) in [6.45, 7) is 7.99. The molecule has 0 aliphatic rings. The standard InChI is InChI=1S/C29H35F3N6O4S2/c1-17(36-23(40)12-14-39)15-35-16-34-13-11-21(33)26-25(37-28(43-26)29(2,3)4)18-7-5-10-22(24(18)32)38-44(41,42)27-19(30)8-6-9-20(27)31/h5-11,13,17,35,38-39H,12,14-16,33H2,1-4H3,(H,36,40)/b21-11-,34-13?/t17-/m0/s1. The van der Waals surface area contributed by atoms with Gasteiger partial charge in [-0.1, -0.05) is 32.9 Å². The van der Waals surface area contributed by atoms with Gasteiger partial charge in [0.2, 0.25) is 5.91 Å². The van der Waals surface area contributed by atoms with E-state index in [2.05, 4.69) is 20.6 Å². The summed E-state index contributed by atoms with van der Waals surface area (Å²) in [7, 11) is -4.82. The molecular formula is C29H35F3N6O4S2. The normalized spacial score (nSPS) is 13.3. The summed E-state index contributed by atoms with van der Waals surface area (Å²) in [6, 6.07) is 6.32. The number of sulfonamides is 1. The third-order valence-electron chi connectivity index (χ3n) is 5.98. The number of rotatable bonds is 13. The molecule has 0 aliphatic carbocycles. The summed E-state index contributed by atoms with van der Waals surface area (Å²) in [4.78, 5) is 19.6. The molecule has 1 amide bonds. The van der Waals surface area contributed by atoms with Gasteiger partial charge in [-0.25, -0.2) is 26.6 Å². The van der Waals surface area contributed by atoms with Crippen molar-refractivity contribution in [3.63, 3.8) is 0 Å². The lowest BCUT2D eigenvalue weighted by Crippen LogP contribution is -2.40. The van der Waals surface area contributed by atoms with E-state index >= 15 is 4.39 Å². The number of nitrogens with two attached hydrogens (primary N) is 1. The molecule has 1 heterocycles. The number of halogens is 3. The van der Waals surface area contributed by atoms with E-state index in [0.29, 0.717) is 16.4 Å². The predicted molar refractivity (Wildman–Crippen MR) is 166 cm³/mol. The monoisotopic (exact) mass is 652 g/mol. The van der Waals surface area contributed by atoms with E-state index in [-0.39, 0.29) is 48.6 Å². The zero-order valence-corrected chi connectivity index (χ0v) is 26.3. The van der Waals surface area contributed by atoms with Crippen LogP contribution in [0.4, 0.5) is 18.9 Å². The van der Waals surface area contributed by atoms with Crippen molar-refractivity contribution in [2.45, 2.75) is 50.5 Å². The van der Waals surface area contributed by atoms with Crippen LogP contribution in [0.2, 0.25) is 0 Å². The van der Waals surface area contributed by atoms with E-state index in [1.807, 2.05) is 25.5 Å². The van der Waals surface area contributed by atoms with Gasteiger partial charge in [0, 0.05) is 36.2 Å². The topological polar surface area (TPSA) is 159 Å².